The third-order valence-electron chi connectivity index (χ3n) is 22.8. The zero-order valence-corrected chi connectivity index (χ0v) is 82.0. The van der Waals surface area contributed by atoms with Crippen LogP contribution in [-0.4, -0.2) is 63.6 Å². The molecular formula is C103H67F22NaO17S4. The predicted octanol–water partition coefficient (Wildman–Crippen LogP) is 25.5. The molecule has 15 aromatic carbocycles. The predicted molar refractivity (Wildman–Crippen MR) is 482 cm³/mol. The van der Waals surface area contributed by atoms with Gasteiger partial charge in [-0.15, -0.1) is 24.8 Å². The van der Waals surface area contributed by atoms with Gasteiger partial charge in [0.15, 0.2) is 77.8 Å². The molecule has 0 heterocycles. The molecule has 0 aliphatic carbocycles. The van der Waals surface area contributed by atoms with Crippen LogP contribution in [0, 0.1) is 127 Å². The first-order valence-electron chi connectivity index (χ1n) is 41.8. The monoisotopic (exact) mass is 2140 g/mol. The minimum absolute atomic E-state index is 0. The fourth-order valence-corrected chi connectivity index (χ4v) is 18.3. The molecule has 147 heavy (non-hydrogen) atoms. The molecule has 15 aromatic rings. The van der Waals surface area contributed by atoms with Gasteiger partial charge in [0.25, 0.3) is 0 Å². The maximum absolute atomic E-state index is 15.2. The van der Waals surface area contributed by atoms with Gasteiger partial charge in [-0.2, -0.15) is 64.8 Å². The molecule has 0 fully saturated rings. The van der Waals surface area contributed by atoms with Crippen molar-refractivity contribution in [2.24, 2.45) is 0 Å². The number of benzene rings is 15. The van der Waals surface area contributed by atoms with Crippen molar-refractivity contribution in [2.75, 3.05) is 13.4 Å². The van der Waals surface area contributed by atoms with E-state index in [2.05, 4.69) is 6.07 Å². The van der Waals surface area contributed by atoms with Crippen molar-refractivity contribution < 1.29 is 202 Å². The van der Waals surface area contributed by atoms with Gasteiger partial charge in [-0.1, -0.05) is 115 Å². The normalized spacial score (nSPS) is 12.5. The Morgan fingerprint density at radius 3 is 0.878 bits per heavy atom. The summed E-state index contributed by atoms with van der Waals surface area (Å²) in [5.74, 6) is -38.7. The molecule has 0 aliphatic rings. The van der Waals surface area contributed by atoms with Gasteiger partial charge >= 0.3 is 52.5 Å². The average Bonchev–Trinajstić information content (AvgIpc) is 0.727. The standard InChI is InChI=1S/C52H39F10O6S.C51H28F12O8S2.Na.O3S/c1-30-28-42(26-27-43(30)67-39-18-12-35(13-19-39)49(3,51(57,58)59)33-8-6-32(7-9-33)29-65-5)69(63,64)41-24-22-38(23-25-41)66-37-16-10-34(11-17-37)50(4,52(60,61)62)36-14-20-40(21-15-36)68-48-46(55)44(53)31(2)45(54)47(48)56;1-23-33(68-29-15-7-25(8-16-29)27-11-19-31(20-12-27)70-47-37(54)43(60)49(72(3,64)65)44(61)38(47)55)5-4-6-34(23)69-30-17-9-26(10-18-30)28-13-21-32(22-14-28)71-48-39(56)45(62)51(46(63)40(48)57)73(66,67)50-41(58)35(52)24(2)36(53)42(50)59;;1-4(2)3/h6-22,24-28H,29H2,1-5H3;4-22H,1-3H3;;/q-1;;+1;. The van der Waals surface area contributed by atoms with Gasteiger partial charge in [0.1, 0.15) is 83.0 Å². The summed E-state index contributed by atoms with van der Waals surface area (Å²) in [6.45, 7) is 6.96. The van der Waals surface area contributed by atoms with Crippen LogP contribution in [0.4, 0.5) is 96.6 Å². The van der Waals surface area contributed by atoms with Gasteiger partial charge in [-0.05, 0) is 217 Å². The summed E-state index contributed by atoms with van der Waals surface area (Å²) in [5.41, 5.74) is -3.72. The molecule has 0 aromatic heterocycles. The topological polar surface area (TPSA) is 227 Å². The van der Waals surface area contributed by atoms with Crippen LogP contribution in [0.15, 0.2) is 273 Å². The van der Waals surface area contributed by atoms with Crippen LogP contribution in [0.25, 0.3) is 22.3 Å². The number of halogens is 22. The third kappa shape index (κ3) is 23.1. The van der Waals surface area contributed by atoms with Crippen molar-refractivity contribution in [1.82, 2.24) is 0 Å². The number of rotatable bonds is 27. The zero-order valence-electron chi connectivity index (χ0n) is 76.8. The number of hydrogen-bond donors (Lipinski definition) is 0. The van der Waals surface area contributed by atoms with E-state index in [9.17, 15) is 104 Å². The van der Waals surface area contributed by atoms with Gasteiger partial charge in [0.2, 0.25) is 62.0 Å². The molecular weight excluding hydrogens is 2080 g/mol. The number of hydrogen-bond acceptors (Lipinski definition) is 17. The van der Waals surface area contributed by atoms with Gasteiger partial charge in [0, 0.05) is 35.8 Å². The van der Waals surface area contributed by atoms with Gasteiger partial charge < -0.3 is 37.9 Å². The number of aryl methyl sites for hydroxylation is 1. The van der Waals surface area contributed by atoms with Crippen LogP contribution in [0.2, 0.25) is 0 Å². The Kier molecular flexibility index (Phi) is 33.6. The second kappa shape index (κ2) is 44.2. The second-order valence-electron chi connectivity index (χ2n) is 32.2. The Morgan fingerprint density at radius 2 is 0.578 bits per heavy atom. The van der Waals surface area contributed by atoms with E-state index in [1.807, 2.05) is 0 Å². The Balaban J connectivity index is 0.000000251. The molecule has 17 nitrogen and oxygen atoms in total. The van der Waals surface area contributed by atoms with Crippen LogP contribution in [0.5, 0.6) is 80.5 Å². The first-order chi connectivity index (χ1) is 68.5. The van der Waals surface area contributed by atoms with Crippen LogP contribution in [0.1, 0.15) is 63.9 Å². The molecule has 44 heteroatoms. The summed E-state index contributed by atoms with van der Waals surface area (Å²) in [5, 5.41) is 0. The van der Waals surface area contributed by atoms with Crippen molar-refractivity contribution in [2.45, 2.75) is 95.8 Å². The van der Waals surface area contributed by atoms with Crippen LogP contribution in [-0.2, 0) is 62.3 Å². The molecule has 0 spiro atoms. The maximum Gasteiger partial charge on any atom is 1.00 e. The molecule has 0 saturated carbocycles. The Morgan fingerprint density at radius 1 is 0.306 bits per heavy atom. The second-order valence-corrected chi connectivity index (χ2v) is 38.3. The Hall–Kier alpha value is -14.2. The smallest absolute Gasteiger partial charge is 0.483 e. The summed E-state index contributed by atoms with van der Waals surface area (Å²) < 4.78 is 467. The zero-order chi connectivity index (χ0) is 107. The maximum atomic E-state index is 15.2. The molecule has 0 radical (unpaired) electrons. The van der Waals surface area contributed by atoms with Crippen molar-refractivity contribution >= 4 is 40.1 Å². The molecule has 760 valence electrons. The summed E-state index contributed by atoms with van der Waals surface area (Å²) in [6.07, 6.45) is -9.14. The molecule has 0 bridgehead atoms. The molecule has 0 aliphatic heterocycles. The van der Waals surface area contributed by atoms with Crippen molar-refractivity contribution in [3.63, 3.8) is 0 Å². The number of alkyl halides is 6. The van der Waals surface area contributed by atoms with E-state index < -0.39 is 211 Å². The summed E-state index contributed by atoms with van der Waals surface area (Å²) >= 11 is 0. The molecule has 15 rings (SSSR count). The molecule has 0 saturated heterocycles. The van der Waals surface area contributed by atoms with Crippen LogP contribution >= 0.6 is 0 Å². The summed E-state index contributed by atoms with van der Waals surface area (Å²) in [4.78, 5) is -7.11. The van der Waals surface area contributed by atoms with Gasteiger partial charge in [-0.25, -0.2) is 69.2 Å². The van der Waals surface area contributed by atoms with E-state index in [1.165, 1.54) is 122 Å². The summed E-state index contributed by atoms with van der Waals surface area (Å²) in [6, 6.07) is 59.6. The first kappa shape index (κ1) is 112. The van der Waals surface area contributed by atoms with Crippen LogP contribution < -0.4 is 62.7 Å². The van der Waals surface area contributed by atoms with E-state index in [0.717, 1.165) is 80.9 Å². The first-order valence-corrected chi connectivity index (χ1v) is 47.6. The average molecular weight is 2150 g/mol. The number of methoxy groups -OCH3 is 1. The van der Waals surface area contributed by atoms with Crippen LogP contribution in [0.3, 0.4) is 0 Å². The molecule has 0 N–H and O–H groups in total. The van der Waals surface area contributed by atoms with E-state index in [4.69, 9.17) is 50.5 Å². The minimum atomic E-state index is -6.32. The molecule has 2 atom stereocenters. The van der Waals surface area contributed by atoms with Crippen molar-refractivity contribution in [3.05, 3.63) is 398 Å². The van der Waals surface area contributed by atoms with Gasteiger partial charge in [-0.3, -0.25) is 0 Å². The van der Waals surface area contributed by atoms with Crippen molar-refractivity contribution in [1.29, 1.82) is 0 Å². The minimum Gasteiger partial charge on any atom is -0.483 e. The third-order valence-corrected chi connectivity index (χ3v) is 27.5. The Bertz CT molecular complexity index is 7910. The fourth-order valence-electron chi connectivity index (χ4n) is 14.7. The summed E-state index contributed by atoms with van der Waals surface area (Å²) in [7, 11) is -16.7. The number of ether oxygens (including phenoxy) is 8. The molecule has 2 unspecified atom stereocenters. The van der Waals surface area contributed by atoms with Gasteiger partial charge in [0.05, 0.1) is 11.5 Å². The van der Waals surface area contributed by atoms with E-state index in [1.54, 1.807) is 92.7 Å². The van der Waals surface area contributed by atoms with Crippen molar-refractivity contribution in [3.8, 4) is 103 Å². The largest absolute Gasteiger partial charge is 1.00 e. The fraction of sp³-hybridized carbons (Fsp3) is 0.126. The quantitative estimate of drug-likeness (QED) is 0.0202. The van der Waals surface area contributed by atoms with E-state index >= 15 is 17.6 Å². The van der Waals surface area contributed by atoms with E-state index in [0.29, 0.717) is 69.6 Å². The molecule has 0 amide bonds. The van der Waals surface area contributed by atoms with E-state index in [-0.39, 0.29) is 97.0 Å². The SMILES string of the molecule is COCc1ccc(C(C)(c2ccc(Oc3ccc(S(=O)(=O)c4c[c-]c(Oc5ccc(C(C)(c6ccc(Oc7c(F)c(F)c(C)c(F)c7F)cc6)C(F)(F)F)cc5)cc4)cc3C)cc2)C(F)(F)F)cc1.Cc1c(Oc2ccc(-c3ccc(Oc4c(F)c(F)c(S(C)(=O)=O)c(F)c4F)cc3)cc2)cccc1Oc1ccc(-c2ccc(Oc3c(F)c(F)c(S(=O)(=O)c4c(F)c(F)c(C)c(F)c4F)c(F)c3F)cc2)cc1.O=S(=O)=O.[Na+]. The number of sulfone groups is 3. The Labute approximate surface area is 846 Å².